The van der Waals surface area contributed by atoms with Gasteiger partial charge in [0.15, 0.2) is 0 Å². The predicted molar refractivity (Wildman–Crippen MR) is 81.0 cm³/mol. The van der Waals surface area contributed by atoms with Crippen molar-refractivity contribution in [1.29, 1.82) is 0 Å². The van der Waals surface area contributed by atoms with Crippen LogP contribution in [0.4, 0.5) is 5.95 Å². The molecule has 0 aliphatic carbocycles. The molecule has 0 amide bonds. The van der Waals surface area contributed by atoms with Gasteiger partial charge in [0.25, 0.3) is 10.0 Å². The molecule has 0 atom stereocenters. The van der Waals surface area contributed by atoms with Crippen LogP contribution in [0, 0.1) is 0 Å². The highest BCUT2D eigenvalue weighted by atomic mass is 35.5. The second kappa shape index (κ2) is 6.54. The van der Waals surface area contributed by atoms with Gasteiger partial charge in [-0.1, -0.05) is 11.6 Å². The first-order valence-corrected chi connectivity index (χ1v) is 7.74. The number of aromatic nitrogens is 2. The van der Waals surface area contributed by atoms with Crippen LogP contribution < -0.4 is 4.72 Å². The molecule has 7 nitrogen and oxygen atoms in total. The van der Waals surface area contributed by atoms with E-state index >= 15 is 0 Å². The van der Waals surface area contributed by atoms with Crippen LogP contribution in [-0.4, -0.2) is 29.5 Å². The van der Waals surface area contributed by atoms with Crippen LogP contribution >= 0.6 is 11.6 Å². The standard InChI is InChI=1S/C13H10ClN3O4S/c14-10-2-4-11(5-3-10)22(20,21)17-13-15-7-9(8-16-13)1-6-12(18)19/h1-8H,(H,18,19)(H,15,16,17). The van der Waals surface area contributed by atoms with Crippen LogP contribution in [0.25, 0.3) is 6.08 Å². The molecule has 0 bridgehead atoms. The molecule has 2 aromatic rings. The van der Waals surface area contributed by atoms with Crippen LogP contribution in [-0.2, 0) is 14.8 Å². The first-order valence-electron chi connectivity index (χ1n) is 5.88. The third-order valence-electron chi connectivity index (χ3n) is 2.44. The number of carbonyl (C=O) groups is 1. The third-order valence-corrected chi connectivity index (χ3v) is 4.04. The van der Waals surface area contributed by atoms with Crippen molar-refractivity contribution in [2.24, 2.45) is 0 Å². The molecular formula is C13H10ClN3O4S. The number of hydrogen-bond acceptors (Lipinski definition) is 5. The van der Waals surface area contributed by atoms with Crippen molar-refractivity contribution in [1.82, 2.24) is 9.97 Å². The Morgan fingerprint density at radius 2 is 1.77 bits per heavy atom. The van der Waals surface area contributed by atoms with Gasteiger partial charge in [-0.05, 0) is 30.3 Å². The topological polar surface area (TPSA) is 109 Å². The molecule has 22 heavy (non-hydrogen) atoms. The molecule has 1 aromatic carbocycles. The fraction of sp³-hybridized carbons (Fsp3) is 0. The molecule has 0 spiro atoms. The van der Waals surface area contributed by atoms with Crippen molar-refractivity contribution in [2.45, 2.75) is 4.90 Å². The lowest BCUT2D eigenvalue weighted by Gasteiger charge is -2.06. The monoisotopic (exact) mass is 339 g/mol. The van der Waals surface area contributed by atoms with Gasteiger partial charge in [-0.3, -0.25) is 0 Å². The second-order valence-corrected chi connectivity index (χ2v) is 6.19. The van der Waals surface area contributed by atoms with E-state index in [1.165, 1.54) is 42.7 Å². The smallest absolute Gasteiger partial charge is 0.328 e. The summed E-state index contributed by atoms with van der Waals surface area (Å²) in [5.74, 6) is -1.23. The first kappa shape index (κ1) is 15.9. The van der Waals surface area contributed by atoms with E-state index in [1.807, 2.05) is 0 Å². The predicted octanol–water partition coefficient (Wildman–Crippen LogP) is 2.03. The number of anilines is 1. The highest BCUT2D eigenvalue weighted by Crippen LogP contribution is 2.16. The summed E-state index contributed by atoms with van der Waals surface area (Å²) in [4.78, 5) is 18.0. The number of carboxylic acid groups (broad SMARTS) is 1. The number of hydrogen-bond donors (Lipinski definition) is 2. The SMILES string of the molecule is O=C(O)C=Cc1cnc(NS(=O)(=O)c2ccc(Cl)cc2)nc1. The molecule has 0 radical (unpaired) electrons. The zero-order valence-electron chi connectivity index (χ0n) is 11.0. The van der Waals surface area contributed by atoms with Gasteiger partial charge in [-0.15, -0.1) is 0 Å². The summed E-state index contributed by atoms with van der Waals surface area (Å²) in [7, 11) is -3.81. The number of aliphatic carboxylic acids is 1. The zero-order chi connectivity index (χ0) is 16.2. The van der Waals surface area contributed by atoms with Gasteiger partial charge >= 0.3 is 5.97 Å². The van der Waals surface area contributed by atoms with Gasteiger partial charge in [0, 0.05) is 29.1 Å². The Hall–Kier alpha value is -2.45. The molecule has 114 valence electrons. The average Bonchev–Trinajstić information content (AvgIpc) is 2.46. The van der Waals surface area contributed by atoms with Gasteiger partial charge < -0.3 is 5.11 Å². The number of nitrogens with zero attached hydrogens (tertiary/aromatic N) is 2. The van der Waals surface area contributed by atoms with Crippen LogP contribution in [0.2, 0.25) is 5.02 Å². The fourth-order valence-corrected chi connectivity index (χ4v) is 2.52. The minimum atomic E-state index is -3.81. The lowest BCUT2D eigenvalue weighted by Crippen LogP contribution is -2.14. The zero-order valence-corrected chi connectivity index (χ0v) is 12.5. The lowest BCUT2D eigenvalue weighted by atomic mass is 10.3. The van der Waals surface area contributed by atoms with E-state index in [0.29, 0.717) is 10.6 Å². The molecule has 9 heteroatoms. The third kappa shape index (κ3) is 4.27. The molecular weight excluding hydrogens is 330 g/mol. The normalized spacial score (nSPS) is 11.5. The molecule has 0 fully saturated rings. The summed E-state index contributed by atoms with van der Waals surface area (Å²) >= 11 is 5.70. The van der Waals surface area contributed by atoms with Crippen LogP contribution in [0.15, 0.2) is 47.6 Å². The number of sulfonamides is 1. The summed E-state index contributed by atoms with van der Waals surface area (Å²) in [6, 6.07) is 5.62. The van der Waals surface area contributed by atoms with Crippen molar-refractivity contribution >= 4 is 39.6 Å². The molecule has 0 saturated heterocycles. The Balaban J connectivity index is 2.16. The molecule has 1 aromatic heterocycles. The van der Waals surface area contributed by atoms with E-state index < -0.39 is 16.0 Å². The van der Waals surface area contributed by atoms with Crippen LogP contribution in [0.5, 0.6) is 0 Å². The van der Waals surface area contributed by atoms with Gasteiger partial charge in [0.2, 0.25) is 5.95 Å². The molecule has 1 heterocycles. The molecule has 0 aliphatic heterocycles. The Kier molecular flexibility index (Phi) is 4.74. The summed E-state index contributed by atoms with van der Waals surface area (Å²) in [5.41, 5.74) is 0.428. The molecule has 0 saturated carbocycles. The summed E-state index contributed by atoms with van der Waals surface area (Å²) < 4.78 is 26.4. The largest absolute Gasteiger partial charge is 0.478 e. The lowest BCUT2D eigenvalue weighted by molar-refractivity contribution is -0.131. The minimum absolute atomic E-state index is 0.0235. The molecule has 2 N–H and O–H groups in total. The van der Waals surface area contributed by atoms with E-state index in [2.05, 4.69) is 14.7 Å². The summed E-state index contributed by atoms with van der Waals surface area (Å²) in [6.45, 7) is 0. The average molecular weight is 340 g/mol. The maximum Gasteiger partial charge on any atom is 0.328 e. The second-order valence-electron chi connectivity index (χ2n) is 4.07. The summed E-state index contributed by atoms with van der Waals surface area (Å²) in [6.07, 6.45) is 4.81. The van der Waals surface area contributed by atoms with Gasteiger partial charge in [0.05, 0.1) is 4.90 Å². The number of halogens is 1. The van der Waals surface area contributed by atoms with Crippen LogP contribution in [0.1, 0.15) is 5.56 Å². The van der Waals surface area contributed by atoms with Gasteiger partial charge in [-0.25, -0.2) is 27.9 Å². The maximum atomic E-state index is 12.1. The fourth-order valence-electron chi connectivity index (χ4n) is 1.44. The Morgan fingerprint density at radius 1 is 1.18 bits per heavy atom. The van der Waals surface area contributed by atoms with E-state index in [1.54, 1.807) is 0 Å². The maximum absolute atomic E-state index is 12.1. The van der Waals surface area contributed by atoms with Crippen molar-refractivity contribution in [3.05, 3.63) is 53.3 Å². The highest BCUT2D eigenvalue weighted by molar-refractivity contribution is 7.92. The van der Waals surface area contributed by atoms with E-state index in [0.717, 1.165) is 6.08 Å². The van der Waals surface area contributed by atoms with E-state index in [-0.39, 0.29) is 10.8 Å². The quantitative estimate of drug-likeness (QED) is 0.807. The molecule has 2 rings (SSSR count). The highest BCUT2D eigenvalue weighted by Gasteiger charge is 2.15. The number of carboxylic acids is 1. The van der Waals surface area contributed by atoms with Crippen molar-refractivity contribution in [3.8, 4) is 0 Å². The van der Waals surface area contributed by atoms with Gasteiger partial charge in [0.1, 0.15) is 0 Å². The van der Waals surface area contributed by atoms with Crippen LogP contribution in [0.3, 0.4) is 0 Å². The number of benzene rings is 1. The van der Waals surface area contributed by atoms with E-state index in [4.69, 9.17) is 16.7 Å². The minimum Gasteiger partial charge on any atom is -0.478 e. The molecule has 0 unspecified atom stereocenters. The summed E-state index contributed by atoms with van der Waals surface area (Å²) in [5, 5.41) is 8.92. The van der Waals surface area contributed by atoms with E-state index in [9.17, 15) is 13.2 Å². The van der Waals surface area contributed by atoms with Gasteiger partial charge in [-0.2, -0.15) is 0 Å². The number of nitrogens with one attached hydrogen (secondary N) is 1. The Labute approximate surface area is 131 Å². The Bertz CT molecular complexity index is 802. The number of rotatable bonds is 5. The molecule has 0 aliphatic rings. The first-order chi connectivity index (χ1) is 10.4. The van der Waals surface area contributed by atoms with Crippen molar-refractivity contribution < 1.29 is 18.3 Å². The van der Waals surface area contributed by atoms with Crippen molar-refractivity contribution in [2.75, 3.05) is 4.72 Å². The Morgan fingerprint density at radius 3 is 2.32 bits per heavy atom. The van der Waals surface area contributed by atoms with Crippen molar-refractivity contribution in [3.63, 3.8) is 0 Å².